The first-order valence-electron chi connectivity index (χ1n) is 21.8. The first-order chi connectivity index (χ1) is 26.6. The molecule has 0 aromatic heterocycles. The second-order valence-corrected chi connectivity index (χ2v) is 14.0. The first kappa shape index (κ1) is 50.8. The smallest absolute Gasteiger partial charge is 0.306 e. The summed E-state index contributed by atoms with van der Waals surface area (Å²) in [5.74, 6) is -0.622. The minimum atomic E-state index is -0.788. The fourth-order valence-corrected chi connectivity index (χ4v) is 5.65. The maximum Gasteiger partial charge on any atom is 0.306 e. The predicted molar refractivity (Wildman–Crippen MR) is 232 cm³/mol. The Morgan fingerprint density at radius 3 is 1.11 bits per heavy atom. The normalized spacial score (nSPS) is 13.2. The number of carbonyl (C=O) groups excluding carboxylic acids is 2. The van der Waals surface area contributed by atoms with Crippen molar-refractivity contribution in [1.82, 2.24) is 0 Å². The van der Waals surface area contributed by atoms with Gasteiger partial charge in [0.1, 0.15) is 6.61 Å². The first-order valence-corrected chi connectivity index (χ1v) is 21.8. The van der Waals surface area contributed by atoms with Gasteiger partial charge in [-0.2, -0.15) is 0 Å². The molecule has 0 fully saturated rings. The van der Waals surface area contributed by atoms with Crippen molar-refractivity contribution in [3.8, 4) is 0 Å². The van der Waals surface area contributed by atoms with Gasteiger partial charge in [0.05, 0.1) is 6.61 Å². The van der Waals surface area contributed by atoms with Crippen molar-refractivity contribution in [1.29, 1.82) is 0 Å². The number of unbranched alkanes of at least 4 members (excludes halogenated alkanes) is 14. The molecule has 1 N–H and O–H groups in total. The van der Waals surface area contributed by atoms with E-state index in [4.69, 9.17) is 9.47 Å². The average molecular weight is 749 g/mol. The molecule has 0 radical (unpaired) electrons. The predicted octanol–water partition coefficient (Wildman–Crippen LogP) is 14.1. The van der Waals surface area contributed by atoms with E-state index < -0.39 is 6.10 Å². The largest absolute Gasteiger partial charge is 0.462 e. The van der Waals surface area contributed by atoms with Gasteiger partial charge in [0.2, 0.25) is 0 Å². The summed E-state index contributed by atoms with van der Waals surface area (Å²) >= 11 is 0. The lowest BCUT2D eigenvalue weighted by Gasteiger charge is -2.15. The van der Waals surface area contributed by atoms with E-state index in [0.717, 1.165) is 103 Å². The third-order valence-corrected chi connectivity index (χ3v) is 8.87. The Bertz CT molecular complexity index is 1070. The average Bonchev–Trinajstić information content (AvgIpc) is 3.17. The Kier molecular flexibility index (Phi) is 41.6. The van der Waals surface area contributed by atoms with Crippen LogP contribution in [0.1, 0.15) is 181 Å². The van der Waals surface area contributed by atoms with Gasteiger partial charge in [-0.1, -0.05) is 175 Å². The molecule has 0 bridgehead atoms. The van der Waals surface area contributed by atoms with Gasteiger partial charge in [0.25, 0.3) is 0 Å². The zero-order valence-corrected chi connectivity index (χ0v) is 34.7. The second kappa shape index (κ2) is 44.2. The van der Waals surface area contributed by atoms with Crippen LogP contribution in [-0.4, -0.2) is 36.4 Å². The van der Waals surface area contributed by atoms with Crippen LogP contribution in [0.15, 0.2) is 97.2 Å². The molecule has 0 amide bonds. The van der Waals surface area contributed by atoms with E-state index in [9.17, 15) is 14.7 Å². The number of hydrogen-bond acceptors (Lipinski definition) is 5. The fourth-order valence-electron chi connectivity index (χ4n) is 5.65. The summed E-state index contributed by atoms with van der Waals surface area (Å²) in [6, 6.07) is 0. The molecular weight excluding hydrogens is 669 g/mol. The Morgan fingerprint density at radius 1 is 0.426 bits per heavy atom. The van der Waals surface area contributed by atoms with E-state index in [-0.39, 0.29) is 25.2 Å². The molecule has 1 atom stereocenters. The molecule has 0 aromatic rings. The summed E-state index contributed by atoms with van der Waals surface area (Å²) in [6.45, 7) is 3.89. The zero-order valence-electron chi connectivity index (χ0n) is 34.7. The van der Waals surface area contributed by atoms with Gasteiger partial charge in [-0.25, -0.2) is 0 Å². The van der Waals surface area contributed by atoms with Crippen LogP contribution in [-0.2, 0) is 19.1 Å². The minimum Gasteiger partial charge on any atom is -0.462 e. The van der Waals surface area contributed by atoms with E-state index in [1.807, 2.05) is 0 Å². The van der Waals surface area contributed by atoms with Crippen molar-refractivity contribution in [2.45, 2.75) is 187 Å². The van der Waals surface area contributed by atoms with Gasteiger partial charge < -0.3 is 14.6 Å². The summed E-state index contributed by atoms with van der Waals surface area (Å²) in [5.41, 5.74) is 0. The minimum absolute atomic E-state index is 0.0816. The lowest BCUT2D eigenvalue weighted by atomic mass is 10.1. The molecule has 54 heavy (non-hydrogen) atoms. The molecule has 5 nitrogen and oxygen atoms in total. The topological polar surface area (TPSA) is 72.8 Å². The summed E-state index contributed by atoms with van der Waals surface area (Å²) < 4.78 is 10.6. The number of aliphatic hydroxyl groups is 1. The van der Waals surface area contributed by atoms with E-state index in [1.54, 1.807) is 0 Å². The molecule has 0 aliphatic rings. The lowest BCUT2D eigenvalue weighted by Crippen LogP contribution is -2.28. The highest BCUT2D eigenvalue weighted by Gasteiger charge is 2.16. The number of esters is 2. The summed E-state index contributed by atoms with van der Waals surface area (Å²) in [6.07, 6.45) is 61.8. The standard InChI is InChI=1S/C49H80O5/c1-3-5-7-9-11-13-15-17-19-21-22-23-24-25-26-28-30-32-34-36-38-40-42-44-49(52)54-47(45-50)46-53-48(51)43-41-39-37-35-33-31-29-27-20-18-16-14-12-10-8-6-4-2/h5-8,11-14,17-20,22-23,25-26,47,50H,3-4,9-10,15-16,21,24,27-46H2,1-2H3/b7-5-,8-6-,13-11-,14-12-,19-17-,20-18-,23-22-,26-25-. The Morgan fingerprint density at radius 2 is 0.741 bits per heavy atom. The molecule has 0 aliphatic heterocycles. The van der Waals surface area contributed by atoms with E-state index >= 15 is 0 Å². The fraction of sp³-hybridized carbons (Fsp3) is 0.633. The Hall–Kier alpha value is -3.18. The molecule has 1 unspecified atom stereocenters. The van der Waals surface area contributed by atoms with Gasteiger partial charge in [0, 0.05) is 12.8 Å². The SMILES string of the molecule is CC/C=C\C/C=C\C/C=C\C/C=C\C/C=C\CCCCCCCCCC(=O)OC(CO)COC(=O)CCCCCCCCC/C=C\C/C=C\C/C=C\CC. The van der Waals surface area contributed by atoms with E-state index in [2.05, 4.69) is 111 Å². The highest BCUT2D eigenvalue weighted by atomic mass is 16.6. The molecule has 5 heteroatoms. The van der Waals surface area contributed by atoms with Gasteiger partial charge in [-0.15, -0.1) is 0 Å². The van der Waals surface area contributed by atoms with E-state index in [1.165, 1.54) is 51.4 Å². The number of allylic oxidation sites excluding steroid dienone is 16. The number of rotatable bonds is 38. The molecular formula is C49H80O5. The lowest BCUT2D eigenvalue weighted by molar-refractivity contribution is -0.161. The van der Waals surface area contributed by atoms with Crippen molar-refractivity contribution in [3.05, 3.63) is 97.2 Å². The zero-order chi connectivity index (χ0) is 39.3. The molecule has 0 saturated heterocycles. The molecule has 0 aliphatic carbocycles. The van der Waals surface area contributed by atoms with E-state index in [0.29, 0.717) is 12.8 Å². The molecule has 0 saturated carbocycles. The van der Waals surface area contributed by atoms with Crippen molar-refractivity contribution in [2.75, 3.05) is 13.2 Å². The van der Waals surface area contributed by atoms with Crippen LogP contribution in [0.3, 0.4) is 0 Å². The van der Waals surface area contributed by atoms with Gasteiger partial charge in [-0.05, 0) is 89.9 Å². The molecule has 0 aromatic carbocycles. The maximum atomic E-state index is 12.2. The monoisotopic (exact) mass is 749 g/mol. The van der Waals surface area contributed by atoms with Gasteiger partial charge in [-0.3, -0.25) is 9.59 Å². The summed E-state index contributed by atoms with van der Waals surface area (Å²) in [4.78, 5) is 24.3. The highest BCUT2D eigenvalue weighted by Crippen LogP contribution is 2.13. The maximum absolute atomic E-state index is 12.2. The van der Waals surface area contributed by atoms with Gasteiger partial charge in [0.15, 0.2) is 6.10 Å². The van der Waals surface area contributed by atoms with Crippen LogP contribution < -0.4 is 0 Å². The van der Waals surface area contributed by atoms with Crippen LogP contribution in [0.5, 0.6) is 0 Å². The van der Waals surface area contributed by atoms with Crippen LogP contribution in [0.4, 0.5) is 0 Å². The van der Waals surface area contributed by atoms with Crippen molar-refractivity contribution in [3.63, 3.8) is 0 Å². The Labute approximate surface area is 332 Å². The summed E-state index contributed by atoms with van der Waals surface area (Å²) in [5, 5.41) is 9.59. The van der Waals surface area contributed by atoms with Crippen molar-refractivity contribution in [2.24, 2.45) is 0 Å². The molecule has 0 heterocycles. The second-order valence-electron chi connectivity index (χ2n) is 14.0. The third-order valence-electron chi connectivity index (χ3n) is 8.87. The molecule has 0 spiro atoms. The summed E-state index contributed by atoms with van der Waals surface area (Å²) in [7, 11) is 0. The molecule has 0 rings (SSSR count). The van der Waals surface area contributed by atoms with Gasteiger partial charge >= 0.3 is 11.9 Å². The molecule has 306 valence electrons. The number of carbonyl (C=O) groups is 2. The number of ether oxygens (including phenoxy) is 2. The van der Waals surface area contributed by atoms with Crippen molar-refractivity contribution >= 4 is 11.9 Å². The number of hydrogen-bond donors (Lipinski definition) is 1. The highest BCUT2D eigenvalue weighted by molar-refractivity contribution is 5.70. The quantitative estimate of drug-likeness (QED) is 0.0387. The Balaban J connectivity index is 3.62. The van der Waals surface area contributed by atoms with Crippen LogP contribution in [0, 0.1) is 0 Å². The number of aliphatic hydroxyl groups excluding tert-OH is 1. The van der Waals surface area contributed by atoms with Crippen LogP contribution in [0.25, 0.3) is 0 Å². The van der Waals surface area contributed by atoms with Crippen LogP contribution >= 0.6 is 0 Å². The van der Waals surface area contributed by atoms with Crippen molar-refractivity contribution < 1.29 is 24.2 Å². The third kappa shape index (κ3) is 41.6. The van der Waals surface area contributed by atoms with Crippen LogP contribution in [0.2, 0.25) is 0 Å².